The number of aromatic carboxylic acids is 1. The van der Waals surface area contributed by atoms with Crippen molar-refractivity contribution in [1.82, 2.24) is 10.6 Å². The van der Waals surface area contributed by atoms with E-state index in [0.29, 0.717) is 39.2 Å². The van der Waals surface area contributed by atoms with Crippen molar-refractivity contribution in [2.24, 2.45) is 0 Å². The third kappa shape index (κ3) is 8.07. The number of phenols is 1. The number of carboxylic acid groups (broad SMARTS) is 1. The zero-order chi connectivity index (χ0) is 42.9. The average Bonchev–Trinajstić information content (AvgIpc) is 3.24. The van der Waals surface area contributed by atoms with Crippen LogP contribution in [0.4, 0.5) is 0 Å². The first-order valence-corrected chi connectivity index (χ1v) is 20.4. The van der Waals surface area contributed by atoms with Crippen LogP contribution >= 0.6 is 23.2 Å². The van der Waals surface area contributed by atoms with Crippen molar-refractivity contribution in [3.05, 3.63) is 167 Å². The second kappa shape index (κ2) is 17.0. The normalized spacial score (nSPS) is 12.2. The lowest BCUT2D eigenvalue weighted by Gasteiger charge is -2.24. The van der Waals surface area contributed by atoms with E-state index in [1.807, 2.05) is 73.7 Å². The van der Waals surface area contributed by atoms with Gasteiger partial charge in [-0.25, -0.2) is 4.79 Å². The van der Waals surface area contributed by atoms with Crippen molar-refractivity contribution in [1.29, 1.82) is 0 Å². The maximum Gasteiger partial charge on any atom is 0.337 e. The fourth-order valence-corrected chi connectivity index (χ4v) is 8.35. The first kappa shape index (κ1) is 40.9. The molecule has 0 atom stereocenters. The number of rotatable bonds is 11. The van der Waals surface area contributed by atoms with Crippen LogP contribution in [0, 0.1) is 0 Å². The van der Waals surface area contributed by atoms with E-state index in [-0.39, 0.29) is 44.5 Å². The molecule has 306 valence electrons. The van der Waals surface area contributed by atoms with E-state index in [4.69, 9.17) is 32.4 Å². The number of hydrogen-bond acceptors (Lipinski definition) is 7. The third-order valence-electron chi connectivity index (χ3n) is 10.5. The summed E-state index contributed by atoms with van der Waals surface area (Å²) in [6.07, 6.45) is 4.56. The number of carboxylic acids is 1. The van der Waals surface area contributed by atoms with Gasteiger partial charge in [0.2, 0.25) is 5.91 Å². The molecule has 10 nitrogen and oxygen atoms in total. The van der Waals surface area contributed by atoms with E-state index in [9.17, 15) is 29.4 Å². The molecule has 4 N–H and O–H groups in total. The molecule has 0 radical (unpaired) electrons. The Morgan fingerprint density at radius 3 is 2.31 bits per heavy atom. The van der Waals surface area contributed by atoms with Gasteiger partial charge in [0.25, 0.3) is 5.91 Å². The Hall–Kier alpha value is -6.88. The van der Waals surface area contributed by atoms with Crippen LogP contribution in [0.5, 0.6) is 17.2 Å². The maximum absolute atomic E-state index is 13.8. The Morgan fingerprint density at radius 1 is 0.787 bits per heavy atom. The predicted octanol–water partition coefficient (Wildman–Crippen LogP) is 8.82. The first-order chi connectivity index (χ1) is 29.4. The highest BCUT2D eigenvalue weighted by Crippen LogP contribution is 2.44. The van der Waals surface area contributed by atoms with Gasteiger partial charge in [-0.3, -0.25) is 14.4 Å². The summed E-state index contributed by atoms with van der Waals surface area (Å²) in [6, 6.07) is 29.5. The van der Waals surface area contributed by atoms with Crippen LogP contribution in [0.15, 0.2) is 112 Å². The molecule has 0 saturated heterocycles. The molecule has 0 bridgehead atoms. The van der Waals surface area contributed by atoms with Gasteiger partial charge in [0.05, 0.1) is 27.7 Å². The molecule has 5 aromatic rings. The first-order valence-electron chi connectivity index (χ1n) is 19.7. The summed E-state index contributed by atoms with van der Waals surface area (Å²) in [6.45, 7) is 3.84. The number of carbonyl (C=O) groups is 3. The van der Waals surface area contributed by atoms with Gasteiger partial charge in [0.1, 0.15) is 28.6 Å². The summed E-state index contributed by atoms with van der Waals surface area (Å²) in [4.78, 5) is 51.8. The van der Waals surface area contributed by atoms with Crippen molar-refractivity contribution in [2.75, 3.05) is 6.54 Å². The van der Waals surface area contributed by atoms with Crippen LogP contribution in [0.2, 0.25) is 10.0 Å². The molecule has 0 unspecified atom stereocenters. The topological polar surface area (TPSA) is 155 Å². The van der Waals surface area contributed by atoms with E-state index in [0.717, 1.165) is 57.7 Å². The SMILES string of the molecule is CC/C=c1\ccc2c(c1)Oc1cc(CCC)ccc1C=2c1c(Cl)c(C(=O)NCC(=O)NCc2ccc(-c3c4ccc(=O)cc-4oc4cc(O)ccc34)cc2)cc(Cl)c1C(=O)O. The van der Waals surface area contributed by atoms with Crippen LogP contribution < -0.4 is 31.2 Å². The largest absolute Gasteiger partial charge is 0.508 e. The number of nitrogens with one attached hydrogen (secondary N) is 2. The summed E-state index contributed by atoms with van der Waals surface area (Å²) in [5.41, 5.74) is 5.11. The number of phenolic OH excluding ortho intramolecular Hbond substituents is 1. The highest BCUT2D eigenvalue weighted by molar-refractivity contribution is 6.40. The fraction of sp³-hybridized carbons (Fsp3) is 0.143. The average molecular weight is 854 g/mol. The number of hydrogen-bond donors (Lipinski definition) is 4. The number of carbonyl (C=O) groups excluding carboxylic acids is 2. The number of aromatic hydroxyl groups is 1. The van der Waals surface area contributed by atoms with Gasteiger partial charge in [0, 0.05) is 57.1 Å². The Bertz CT molecular complexity index is 3080. The van der Waals surface area contributed by atoms with Crippen LogP contribution in [0.1, 0.15) is 69.7 Å². The molecule has 2 heterocycles. The molecule has 3 aliphatic rings. The molecule has 61 heavy (non-hydrogen) atoms. The minimum absolute atomic E-state index is 0.0294. The minimum Gasteiger partial charge on any atom is -0.508 e. The van der Waals surface area contributed by atoms with Crippen molar-refractivity contribution in [3.63, 3.8) is 0 Å². The molecule has 0 aromatic heterocycles. The Labute approximate surface area is 359 Å². The maximum atomic E-state index is 13.8. The Morgan fingerprint density at radius 2 is 1.56 bits per heavy atom. The number of benzene rings is 6. The molecule has 5 aromatic carbocycles. The fourth-order valence-electron chi connectivity index (χ4n) is 7.74. The molecule has 0 saturated carbocycles. The molecular formula is C49H38Cl2N2O8. The summed E-state index contributed by atoms with van der Waals surface area (Å²) in [5, 5.41) is 27.9. The number of aryl methyl sites for hydroxylation is 1. The molecule has 12 heteroatoms. The number of halogens is 2. The van der Waals surface area contributed by atoms with Crippen molar-refractivity contribution in [3.8, 4) is 39.7 Å². The highest BCUT2D eigenvalue weighted by Gasteiger charge is 2.31. The quantitative estimate of drug-likeness (QED) is 0.0942. The molecular weight excluding hydrogens is 815 g/mol. The van der Waals surface area contributed by atoms with Crippen LogP contribution in [-0.4, -0.2) is 34.5 Å². The standard InChI is InChI=1S/C49H38Cl2N2O8/c1-3-5-26-9-15-34-38(19-26)60-39-20-27(6-4-2)10-16-35(39)44(34)46-45(49(58)59)37(50)23-36(47(46)51)48(57)53-25-42(56)52-24-28-7-11-29(12-8-28)43-32-17-13-30(54)21-40(32)61-41-22-31(55)14-18-33(41)43/h5,7-23,54H,3-4,6,24-25H2,1-2H3,(H,52,56)(H,53,57)(H,58,59)/b26-5+. The summed E-state index contributed by atoms with van der Waals surface area (Å²) in [7, 11) is 0. The van der Waals surface area contributed by atoms with Gasteiger partial charge >= 0.3 is 5.97 Å². The lowest BCUT2D eigenvalue weighted by molar-refractivity contribution is -0.120. The van der Waals surface area contributed by atoms with Crippen LogP contribution in [0.25, 0.3) is 45.1 Å². The van der Waals surface area contributed by atoms with Crippen molar-refractivity contribution in [2.45, 2.75) is 39.7 Å². The minimum atomic E-state index is -1.33. The lowest BCUT2D eigenvalue weighted by Crippen LogP contribution is -2.36. The van der Waals surface area contributed by atoms with Crippen LogP contribution in [0.3, 0.4) is 0 Å². The Balaban J connectivity index is 1.05. The van der Waals surface area contributed by atoms with E-state index in [2.05, 4.69) is 17.6 Å². The predicted molar refractivity (Wildman–Crippen MR) is 236 cm³/mol. The molecule has 0 spiro atoms. The van der Waals surface area contributed by atoms with Crippen LogP contribution in [-0.2, 0) is 17.8 Å². The second-order valence-electron chi connectivity index (χ2n) is 14.7. The van der Waals surface area contributed by atoms with Crippen molar-refractivity contribution < 1.29 is 33.8 Å². The van der Waals surface area contributed by atoms with Gasteiger partial charge in [-0.05, 0) is 83.3 Å². The molecule has 2 aliphatic heterocycles. The third-order valence-corrected chi connectivity index (χ3v) is 11.2. The van der Waals surface area contributed by atoms with Gasteiger partial charge in [-0.1, -0.05) is 92.0 Å². The van der Waals surface area contributed by atoms with E-state index in [1.54, 1.807) is 18.2 Å². The Kier molecular flexibility index (Phi) is 11.4. The second-order valence-corrected chi connectivity index (χ2v) is 15.5. The number of amides is 2. The van der Waals surface area contributed by atoms with Gasteiger partial charge in [0.15, 0.2) is 5.43 Å². The number of ether oxygens (including phenoxy) is 1. The van der Waals surface area contributed by atoms with E-state index < -0.39 is 24.3 Å². The molecule has 8 rings (SSSR count). The monoisotopic (exact) mass is 852 g/mol. The zero-order valence-electron chi connectivity index (χ0n) is 33.0. The molecule has 0 fully saturated rings. The summed E-state index contributed by atoms with van der Waals surface area (Å²) in [5.74, 6) is -1.11. The van der Waals surface area contributed by atoms with Gasteiger partial charge in [-0.15, -0.1) is 0 Å². The highest BCUT2D eigenvalue weighted by atomic mass is 35.5. The van der Waals surface area contributed by atoms with Gasteiger partial charge in [-0.2, -0.15) is 0 Å². The van der Waals surface area contributed by atoms with E-state index in [1.165, 1.54) is 24.3 Å². The van der Waals surface area contributed by atoms with Gasteiger partial charge < -0.3 is 30.0 Å². The van der Waals surface area contributed by atoms with E-state index >= 15 is 0 Å². The molecule has 1 aliphatic carbocycles. The smallest absolute Gasteiger partial charge is 0.337 e. The molecule has 2 amide bonds. The number of fused-ring (bicyclic) bond motifs is 4. The summed E-state index contributed by atoms with van der Waals surface area (Å²) >= 11 is 13.7. The summed E-state index contributed by atoms with van der Waals surface area (Å²) < 4.78 is 12.4. The zero-order valence-corrected chi connectivity index (χ0v) is 34.5. The lowest BCUT2D eigenvalue weighted by atomic mass is 9.87. The van der Waals surface area contributed by atoms with Crippen molar-refractivity contribution >= 4 is 63.6 Å².